The topological polar surface area (TPSA) is 35.5 Å². The van der Waals surface area contributed by atoms with Gasteiger partial charge in [0.1, 0.15) is 6.61 Å². The van der Waals surface area contributed by atoms with Gasteiger partial charge in [-0.25, -0.2) is 0 Å². The lowest BCUT2D eigenvalue weighted by Crippen LogP contribution is -2.00. The van der Waals surface area contributed by atoms with E-state index in [4.69, 9.17) is 9.47 Å². The number of allylic oxidation sites excluding steroid dienone is 4. The van der Waals surface area contributed by atoms with E-state index in [-0.39, 0.29) is 12.1 Å². The Balaban J connectivity index is 0. The lowest BCUT2D eigenvalue weighted by atomic mass is 9.91. The van der Waals surface area contributed by atoms with Gasteiger partial charge in [0, 0.05) is 14.0 Å². The first kappa shape index (κ1) is 37.8. The molecule has 0 aliphatic heterocycles. The lowest BCUT2D eigenvalue weighted by molar-refractivity contribution is -0.139. The molecule has 0 saturated carbocycles. The molecule has 0 saturated heterocycles. The number of hydrogen-bond donors (Lipinski definition) is 0. The van der Waals surface area contributed by atoms with Crippen LogP contribution < -0.4 is 0 Å². The molecule has 0 spiro atoms. The zero-order valence-corrected chi connectivity index (χ0v) is 26.8. The summed E-state index contributed by atoms with van der Waals surface area (Å²) >= 11 is 0. The monoisotopic (exact) mass is 520 g/mol. The van der Waals surface area contributed by atoms with Crippen LogP contribution in [0.4, 0.5) is 0 Å². The normalized spacial score (nSPS) is 14.5. The van der Waals surface area contributed by atoms with Gasteiger partial charge in [0.05, 0.1) is 6.10 Å². The van der Waals surface area contributed by atoms with Crippen LogP contribution in [0.1, 0.15) is 140 Å². The first-order valence-electron chi connectivity index (χ1n) is 15.0. The van der Waals surface area contributed by atoms with Crippen molar-refractivity contribution in [3.63, 3.8) is 0 Å². The highest BCUT2D eigenvalue weighted by molar-refractivity contribution is 5.66. The van der Waals surface area contributed by atoms with E-state index < -0.39 is 0 Å². The third kappa shape index (κ3) is 30.8. The summed E-state index contributed by atoms with van der Waals surface area (Å²) in [6.45, 7) is 21.9. The summed E-state index contributed by atoms with van der Waals surface area (Å²) in [6.07, 6.45) is 21.0. The molecule has 0 fully saturated rings. The summed E-state index contributed by atoms with van der Waals surface area (Å²) in [4.78, 5) is 10.7. The minimum Gasteiger partial charge on any atom is -0.462 e. The number of carbonyl (C=O) groups excluding carboxylic acids is 1. The van der Waals surface area contributed by atoms with E-state index in [2.05, 4.69) is 74.5 Å². The molecule has 0 heterocycles. The van der Waals surface area contributed by atoms with Gasteiger partial charge in [0.15, 0.2) is 0 Å². The average molecular weight is 521 g/mol. The number of carbonyl (C=O) groups is 1. The molecule has 1 unspecified atom stereocenters. The molecule has 3 nitrogen and oxygen atoms in total. The summed E-state index contributed by atoms with van der Waals surface area (Å²) in [6, 6.07) is 0. The Bertz CT molecular complexity index is 637. The molecular weight excluding hydrogens is 456 g/mol. The Hall–Kier alpha value is -1.35. The van der Waals surface area contributed by atoms with Gasteiger partial charge in [-0.1, -0.05) is 102 Å². The van der Waals surface area contributed by atoms with Crippen molar-refractivity contribution in [2.24, 2.45) is 17.8 Å². The number of hydrogen-bond acceptors (Lipinski definition) is 3. The molecule has 3 atom stereocenters. The zero-order chi connectivity index (χ0) is 28.6. The van der Waals surface area contributed by atoms with Crippen LogP contribution >= 0.6 is 0 Å². The predicted octanol–water partition coefficient (Wildman–Crippen LogP) is 10.6. The molecule has 0 aromatic heterocycles. The second-order valence-electron chi connectivity index (χ2n) is 12.0. The molecular formula is C34H64O3. The van der Waals surface area contributed by atoms with Crippen LogP contribution in [0.3, 0.4) is 0 Å². The minimum atomic E-state index is -0.203. The maximum absolute atomic E-state index is 10.7. The second kappa shape index (κ2) is 25.0. The van der Waals surface area contributed by atoms with Crippen LogP contribution in [-0.4, -0.2) is 25.8 Å². The fourth-order valence-corrected chi connectivity index (χ4v) is 4.25. The Morgan fingerprint density at radius 3 is 1.73 bits per heavy atom. The van der Waals surface area contributed by atoms with E-state index in [1.165, 1.54) is 75.0 Å². The highest BCUT2D eigenvalue weighted by Crippen LogP contribution is 2.22. The van der Waals surface area contributed by atoms with E-state index in [9.17, 15) is 4.79 Å². The number of esters is 1. The Morgan fingerprint density at radius 1 is 0.703 bits per heavy atom. The van der Waals surface area contributed by atoms with Crippen molar-refractivity contribution < 1.29 is 14.3 Å². The van der Waals surface area contributed by atoms with Crippen LogP contribution in [-0.2, 0) is 14.3 Å². The summed E-state index contributed by atoms with van der Waals surface area (Å²) in [5.41, 5.74) is 4.14. The highest BCUT2D eigenvalue weighted by atomic mass is 16.5. The molecule has 37 heavy (non-hydrogen) atoms. The van der Waals surface area contributed by atoms with Crippen LogP contribution in [0, 0.1) is 17.8 Å². The number of ether oxygens (including phenoxy) is 2. The molecule has 0 aromatic carbocycles. The number of methoxy groups -OCH3 is 1. The third-order valence-corrected chi connectivity index (χ3v) is 6.84. The van der Waals surface area contributed by atoms with Crippen LogP contribution in [0.25, 0.3) is 0 Å². The summed E-state index contributed by atoms with van der Waals surface area (Å²) in [5.74, 6) is 2.37. The van der Waals surface area contributed by atoms with Gasteiger partial charge in [0.25, 0.3) is 0 Å². The van der Waals surface area contributed by atoms with E-state index in [0.29, 0.717) is 6.61 Å². The van der Waals surface area contributed by atoms with E-state index >= 15 is 0 Å². The largest absolute Gasteiger partial charge is 0.462 e. The molecule has 0 rings (SSSR count). The van der Waals surface area contributed by atoms with E-state index in [1.807, 2.05) is 6.08 Å². The van der Waals surface area contributed by atoms with Gasteiger partial charge >= 0.3 is 5.97 Å². The van der Waals surface area contributed by atoms with Gasteiger partial charge in [0.2, 0.25) is 0 Å². The van der Waals surface area contributed by atoms with E-state index in [1.54, 1.807) is 7.11 Å². The van der Waals surface area contributed by atoms with Gasteiger partial charge in [-0.15, -0.1) is 0 Å². The van der Waals surface area contributed by atoms with Gasteiger partial charge in [-0.2, -0.15) is 0 Å². The van der Waals surface area contributed by atoms with Crippen molar-refractivity contribution in [3.8, 4) is 0 Å². The standard InChI is InChI=1S/C22H42O2.C12H22O/c1-18(2)10-7-11-19(3)12-8-13-20(4)14-9-15-21(5)16-17-24-22(6)23;1-10(2)7-6-8-11(3)9-12(4)13-5/h16,18-20H,7-15,17H2,1-6H3;7,9,12H,6,8H2,1-5H3/b21-16+;11-9+/t19-,20-;/m1./s1. The molecule has 3 heteroatoms. The van der Waals surface area contributed by atoms with Gasteiger partial charge in [-0.05, 0) is 84.1 Å². The maximum Gasteiger partial charge on any atom is 0.302 e. The zero-order valence-electron chi connectivity index (χ0n) is 26.8. The van der Waals surface area contributed by atoms with Crippen molar-refractivity contribution in [2.75, 3.05) is 13.7 Å². The first-order valence-corrected chi connectivity index (χ1v) is 15.0. The van der Waals surface area contributed by atoms with Crippen molar-refractivity contribution in [1.82, 2.24) is 0 Å². The SMILES string of the molecule is CC(=O)OC/C=C(\C)CCC[C@H](C)CCC[C@H](C)CCCC(C)C.COC(C)/C=C(\C)CCC=C(C)C. The lowest BCUT2D eigenvalue weighted by Gasteiger charge is -2.15. The second-order valence-corrected chi connectivity index (χ2v) is 12.0. The molecule has 0 radical (unpaired) electrons. The minimum absolute atomic E-state index is 0.203. The predicted molar refractivity (Wildman–Crippen MR) is 164 cm³/mol. The molecule has 0 N–H and O–H groups in total. The fraction of sp³-hybridized carbons (Fsp3) is 0.794. The van der Waals surface area contributed by atoms with Crippen molar-refractivity contribution >= 4 is 5.97 Å². The van der Waals surface area contributed by atoms with Gasteiger partial charge in [-0.3, -0.25) is 4.79 Å². The molecule has 218 valence electrons. The quantitative estimate of drug-likeness (QED) is 0.125. The van der Waals surface area contributed by atoms with E-state index in [0.717, 1.165) is 37.0 Å². The molecule has 0 aromatic rings. The van der Waals surface area contributed by atoms with Crippen molar-refractivity contribution in [3.05, 3.63) is 34.9 Å². The third-order valence-electron chi connectivity index (χ3n) is 6.84. The van der Waals surface area contributed by atoms with Crippen molar-refractivity contribution in [2.45, 2.75) is 146 Å². The van der Waals surface area contributed by atoms with Crippen molar-refractivity contribution in [1.29, 1.82) is 0 Å². The first-order chi connectivity index (χ1) is 17.4. The maximum atomic E-state index is 10.7. The van der Waals surface area contributed by atoms with Crippen LogP contribution in [0.5, 0.6) is 0 Å². The molecule has 0 amide bonds. The fourth-order valence-electron chi connectivity index (χ4n) is 4.25. The van der Waals surface area contributed by atoms with Crippen LogP contribution in [0.2, 0.25) is 0 Å². The summed E-state index contributed by atoms with van der Waals surface area (Å²) < 4.78 is 10.1. The summed E-state index contributed by atoms with van der Waals surface area (Å²) in [7, 11) is 1.74. The molecule has 0 aliphatic carbocycles. The molecule has 0 aliphatic rings. The Labute approximate surface area is 232 Å². The number of rotatable bonds is 19. The smallest absolute Gasteiger partial charge is 0.302 e. The Morgan fingerprint density at radius 2 is 1.24 bits per heavy atom. The van der Waals surface area contributed by atoms with Crippen LogP contribution in [0.15, 0.2) is 34.9 Å². The average Bonchev–Trinajstić information content (AvgIpc) is 2.78. The Kier molecular flexibility index (Phi) is 25.5. The molecule has 0 bridgehead atoms. The highest BCUT2D eigenvalue weighted by Gasteiger charge is 2.06. The van der Waals surface area contributed by atoms with Gasteiger partial charge < -0.3 is 9.47 Å². The summed E-state index contributed by atoms with van der Waals surface area (Å²) in [5, 5.41) is 0.